The second-order valence-corrected chi connectivity index (χ2v) is 4.49. The Morgan fingerprint density at radius 3 is 2.79 bits per heavy atom. The van der Waals surface area contributed by atoms with Crippen LogP contribution in [0.25, 0.3) is 0 Å². The van der Waals surface area contributed by atoms with Gasteiger partial charge >= 0.3 is 0 Å². The lowest BCUT2D eigenvalue weighted by Gasteiger charge is -2.20. The van der Waals surface area contributed by atoms with Gasteiger partial charge in [-0.05, 0) is 43.0 Å². The fourth-order valence-corrected chi connectivity index (χ4v) is 2.38. The molecule has 2 nitrogen and oxygen atoms in total. The van der Waals surface area contributed by atoms with E-state index in [1.807, 2.05) is 6.07 Å². The van der Waals surface area contributed by atoms with Crippen LogP contribution in [0.1, 0.15) is 27.0 Å². The van der Waals surface area contributed by atoms with Gasteiger partial charge in [0.25, 0.3) is 5.91 Å². The Morgan fingerprint density at radius 2 is 2.07 bits per heavy atom. The summed E-state index contributed by atoms with van der Waals surface area (Å²) in [6, 6.07) is 1.92. The fraction of sp³-hybridized carbons (Fsp3) is 0.364. The van der Waals surface area contributed by atoms with Crippen molar-refractivity contribution < 1.29 is 4.79 Å². The highest BCUT2D eigenvalue weighted by molar-refractivity contribution is 9.10. The average molecular weight is 254 g/mol. The molecule has 2 rings (SSSR count). The fourth-order valence-electron chi connectivity index (χ4n) is 1.85. The van der Waals surface area contributed by atoms with Gasteiger partial charge in [-0.25, -0.2) is 0 Å². The number of hydrogen-bond donors (Lipinski definition) is 1. The first-order valence-corrected chi connectivity index (χ1v) is 5.47. The third-order valence-electron chi connectivity index (χ3n) is 2.87. The van der Waals surface area contributed by atoms with E-state index in [-0.39, 0.29) is 5.91 Å². The quantitative estimate of drug-likeness (QED) is 0.756. The summed E-state index contributed by atoms with van der Waals surface area (Å²) in [5.41, 5.74) is 4.50. The van der Waals surface area contributed by atoms with Gasteiger partial charge in [0, 0.05) is 16.6 Å². The number of nitrogens with one attached hydrogen (secondary N) is 1. The SMILES string of the molecule is Cc1c(Br)cc2c(c1C)CCNC2=O. The van der Waals surface area contributed by atoms with Crippen molar-refractivity contribution in [2.75, 3.05) is 6.54 Å². The highest BCUT2D eigenvalue weighted by Gasteiger charge is 2.20. The second kappa shape index (κ2) is 3.39. The van der Waals surface area contributed by atoms with Gasteiger partial charge in [0.1, 0.15) is 0 Å². The lowest BCUT2D eigenvalue weighted by Crippen LogP contribution is -2.32. The normalized spacial score (nSPS) is 14.9. The van der Waals surface area contributed by atoms with Crippen LogP contribution in [0.5, 0.6) is 0 Å². The molecule has 0 saturated carbocycles. The second-order valence-electron chi connectivity index (χ2n) is 3.64. The number of benzene rings is 1. The van der Waals surface area contributed by atoms with Crippen molar-refractivity contribution in [3.8, 4) is 0 Å². The molecule has 0 bridgehead atoms. The van der Waals surface area contributed by atoms with Crippen LogP contribution in [0.2, 0.25) is 0 Å². The van der Waals surface area contributed by atoms with Gasteiger partial charge in [-0.2, -0.15) is 0 Å². The van der Waals surface area contributed by atoms with E-state index in [0.29, 0.717) is 0 Å². The van der Waals surface area contributed by atoms with Gasteiger partial charge in [0.15, 0.2) is 0 Å². The molecule has 1 aliphatic rings. The Hall–Kier alpha value is -0.830. The van der Waals surface area contributed by atoms with E-state index in [2.05, 4.69) is 35.1 Å². The molecule has 0 saturated heterocycles. The standard InChI is InChI=1S/C11H12BrNO/c1-6-7(2)10(12)5-9-8(6)3-4-13-11(9)14/h5H,3-4H2,1-2H3,(H,13,14). The monoisotopic (exact) mass is 253 g/mol. The molecule has 1 amide bonds. The summed E-state index contributed by atoms with van der Waals surface area (Å²) in [6.07, 6.45) is 0.945. The van der Waals surface area contributed by atoms with Gasteiger partial charge in [-0.15, -0.1) is 0 Å². The Morgan fingerprint density at radius 1 is 1.36 bits per heavy atom. The summed E-state index contributed by atoms with van der Waals surface area (Å²) in [6.45, 7) is 4.91. The zero-order valence-electron chi connectivity index (χ0n) is 8.28. The molecular formula is C11H12BrNO. The molecule has 1 aromatic carbocycles. The molecule has 0 fully saturated rings. The molecule has 0 atom stereocenters. The Balaban J connectivity index is 2.69. The number of halogens is 1. The van der Waals surface area contributed by atoms with E-state index in [1.165, 1.54) is 16.7 Å². The van der Waals surface area contributed by atoms with Crippen LogP contribution in [0.3, 0.4) is 0 Å². The summed E-state index contributed by atoms with van der Waals surface area (Å²) in [7, 11) is 0. The van der Waals surface area contributed by atoms with Gasteiger partial charge in [-0.1, -0.05) is 15.9 Å². The molecule has 1 N–H and O–H groups in total. The van der Waals surface area contributed by atoms with Crippen LogP contribution in [-0.2, 0) is 6.42 Å². The maximum atomic E-state index is 11.6. The first-order chi connectivity index (χ1) is 6.61. The summed E-state index contributed by atoms with van der Waals surface area (Å²) in [4.78, 5) is 11.6. The molecule has 0 aromatic heterocycles. The number of hydrogen-bond acceptors (Lipinski definition) is 1. The van der Waals surface area contributed by atoms with Crippen molar-refractivity contribution in [2.24, 2.45) is 0 Å². The molecule has 14 heavy (non-hydrogen) atoms. The molecule has 0 spiro atoms. The predicted molar refractivity (Wildman–Crippen MR) is 59.7 cm³/mol. The first-order valence-electron chi connectivity index (χ1n) is 4.68. The Bertz CT molecular complexity index is 412. The lowest BCUT2D eigenvalue weighted by molar-refractivity contribution is 0.0945. The number of carbonyl (C=O) groups excluding carboxylic acids is 1. The molecule has 0 unspecified atom stereocenters. The van der Waals surface area contributed by atoms with Crippen LogP contribution in [0, 0.1) is 13.8 Å². The van der Waals surface area contributed by atoms with Crippen LogP contribution in [0.4, 0.5) is 0 Å². The number of fused-ring (bicyclic) bond motifs is 1. The van der Waals surface area contributed by atoms with Crippen LogP contribution in [-0.4, -0.2) is 12.5 Å². The number of carbonyl (C=O) groups is 1. The zero-order valence-corrected chi connectivity index (χ0v) is 9.86. The van der Waals surface area contributed by atoms with Gasteiger partial charge in [-0.3, -0.25) is 4.79 Å². The van der Waals surface area contributed by atoms with Crippen molar-refractivity contribution in [1.29, 1.82) is 0 Å². The first kappa shape index (κ1) is 9.71. The van der Waals surface area contributed by atoms with Crippen LogP contribution >= 0.6 is 15.9 Å². The van der Waals surface area contributed by atoms with E-state index in [0.717, 1.165) is 23.0 Å². The van der Waals surface area contributed by atoms with E-state index in [9.17, 15) is 4.79 Å². The Kier molecular flexibility index (Phi) is 2.35. The molecule has 1 aliphatic heterocycles. The smallest absolute Gasteiger partial charge is 0.251 e. The lowest BCUT2D eigenvalue weighted by atomic mass is 9.93. The van der Waals surface area contributed by atoms with Gasteiger partial charge < -0.3 is 5.32 Å². The highest BCUT2D eigenvalue weighted by Crippen LogP contribution is 2.27. The molecule has 74 valence electrons. The van der Waals surface area contributed by atoms with E-state index < -0.39 is 0 Å². The molecule has 0 radical (unpaired) electrons. The minimum Gasteiger partial charge on any atom is -0.352 e. The summed E-state index contributed by atoms with van der Waals surface area (Å²) in [5.74, 6) is 0.0510. The third-order valence-corrected chi connectivity index (χ3v) is 3.70. The third kappa shape index (κ3) is 1.36. The molecule has 0 aliphatic carbocycles. The van der Waals surface area contributed by atoms with Crippen molar-refractivity contribution >= 4 is 21.8 Å². The average Bonchev–Trinajstić information content (AvgIpc) is 2.17. The van der Waals surface area contributed by atoms with Gasteiger partial charge in [0.2, 0.25) is 0 Å². The maximum absolute atomic E-state index is 11.6. The van der Waals surface area contributed by atoms with E-state index in [1.54, 1.807) is 0 Å². The molecule has 1 heterocycles. The molecule has 3 heteroatoms. The van der Waals surface area contributed by atoms with E-state index in [4.69, 9.17) is 0 Å². The molecule has 1 aromatic rings. The predicted octanol–water partition coefficient (Wildman–Crippen LogP) is 2.35. The summed E-state index contributed by atoms with van der Waals surface area (Å²) < 4.78 is 1.02. The van der Waals surface area contributed by atoms with Crippen molar-refractivity contribution in [3.05, 3.63) is 32.8 Å². The summed E-state index contributed by atoms with van der Waals surface area (Å²) >= 11 is 3.47. The van der Waals surface area contributed by atoms with E-state index >= 15 is 0 Å². The van der Waals surface area contributed by atoms with Crippen molar-refractivity contribution in [2.45, 2.75) is 20.3 Å². The van der Waals surface area contributed by atoms with Crippen LogP contribution < -0.4 is 5.32 Å². The maximum Gasteiger partial charge on any atom is 0.251 e. The van der Waals surface area contributed by atoms with Gasteiger partial charge in [0.05, 0.1) is 0 Å². The van der Waals surface area contributed by atoms with Crippen molar-refractivity contribution in [3.63, 3.8) is 0 Å². The number of rotatable bonds is 0. The minimum absolute atomic E-state index is 0.0510. The van der Waals surface area contributed by atoms with Crippen LogP contribution in [0.15, 0.2) is 10.5 Å². The zero-order chi connectivity index (χ0) is 10.3. The molecular weight excluding hydrogens is 242 g/mol. The largest absolute Gasteiger partial charge is 0.352 e. The highest BCUT2D eigenvalue weighted by atomic mass is 79.9. The Labute approximate surface area is 91.8 Å². The number of amides is 1. The topological polar surface area (TPSA) is 29.1 Å². The van der Waals surface area contributed by atoms with Crippen molar-refractivity contribution in [1.82, 2.24) is 5.32 Å². The summed E-state index contributed by atoms with van der Waals surface area (Å²) in [5, 5.41) is 2.85. The minimum atomic E-state index is 0.0510.